The van der Waals surface area contributed by atoms with Gasteiger partial charge in [0.1, 0.15) is 12.0 Å². The SMILES string of the molecule is CC(=O)C(=COc1ccc(-c2ccc(C(C)C)cc2)cc1)N=N. The van der Waals surface area contributed by atoms with Crippen LogP contribution in [-0.2, 0) is 4.79 Å². The molecule has 0 aliphatic carbocycles. The van der Waals surface area contributed by atoms with E-state index in [0.29, 0.717) is 11.7 Å². The normalized spacial score (nSPS) is 11.4. The molecular weight excluding hydrogens is 288 g/mol. The molecule has 0 aromatic heterocycles. The lowest BCUT2D eigenvalue weighted by molar-refractivity contribution is -0.113. The Hall–Kier alpha value is -2.75. The zero-order valence-electron chi connectivity index (χ0n) is 13.5. The largest absolute Gasteiger partial charge is 0.463 e. The van der Waals surface area contributed by atoms with Crippen LogP contribution in [0.5, 0.6) is 5.75 Å². The third-order valence-electron chi connectivity index (χ3n) is 3.55. The summed E-state index contributed by atoms with van der Waals surface area (Å²) in [5, 5.41) is 3.13. The summed E-state index contributed by atoms with van der Waals surface area (Å²) in [6.45, 7) is 5.69. The van der Waals surface area contributed by atoms with E-state index in [4.69, 9.17) is 10.3 Å². The van der Waals surface area contributed by atoms with Crippen LogP contribution in [0.3, 0.4) is 0 Å². The Balaban J connectivity index is 2.13. The van der Waals surface area contributed by atoms with Crippen LogP contribution in [0.2, 0.25) is 0 Å². The van der Waals surface area contributed by atoms with Crippen LogP contribution in [0.25, 0.3) is 11.1 Å². The topological polar surface area (TPSA) is 62.5 Å². The third kappa shape index (κ3) is 4.36. The van der Waals surface area contributed by atoms with Gasteiger partial charge in [-0.3, -0.25) is 4.79 Å². The smallest absolute Gasteiger partial charge is 0.183 e. The molecule has 0 saturated heterocycles. The summed E-state index contributed by atoms with van der Waals surface area (Å²) in [6, 6.07) is 16.1. The molecule has 4 heteroatoms. The van der Waals surface area contributed by atoms with Gasteiger partial charge in [0.05, 0.1) is 0 Å². The number of nitrogens with one attached hydrogen (secondary N) is 1. The van der Waals surface area contributed by atoms with Crippen molar-refractivity contribution in [3.05, 3.63) is 66.1 Å². The Morgan fingerprint density at radius 1 is 1.04 bits per heavy atom. The molecule has 2 aromatic rings. The van der Waals surface area contributed by atoms with Crippen molar-refractivity contribution in [1.82, 2.24) is 0 Å². The molecule has 0 fully saturated rings. The minimum Gasteiger partial charge on any atom is -0.463 e. The first-order chi connectivity index (χ1) is 11.0. The summed E-state index contributed by atoms with van der Waals surface area (Å²) >= 11 is 0. The maximum atomic E-state index is 11.1. The lowest BCUT2D eigenvalue weighted by atomic mass is 9.99. The summed E-state index contributed by atoms with van der Waals surface area (Å²) in [6.07, 6.45) is 1.20. The molecule has 23 heavy (non-hydrogen) atoms. The summed E-state index contributed by atoms with van der Waals surface area (Å²) in [5.74, 6) is 0.807. The molecule has 0 saturated carbocycles. The van der Waals surface area contributed by atoms with Crippen molar-refractivity contribution in [1.29, 1.82) is 5.53 Å². The lowest BCUT2D eigenvalue weighted by Crippen LogP contribution is -1.95. The molecule has 0 bridgehead atoms. The van der Waals surface area contributed by atoms with E-state index in [1.54, 1.807) is 0 Å². The van der Waals surface area contributed by atoms with Crippen LogP contribution in [0, 0.1) is 5.53 Å². The maximum absolute atomic E-state index is 11.1. The van der Waals surface area contributed by atoms with Crippen LogP contribution in [0.4, 0.5) is 0 Å². The summed E-state index contributed by atoms with van der Waals surface area (Å²) in [5.41, 5.74) is 10.4. The molecule has 0 spiro atoms. The molecule has 1 N–H and O–H groups in total. The third-order valence-corrected chi connectivity index (χ3v) is 3.55. The first-order valence-corrected chi connectivity index (χ1v) is 7.47. The summed E-state index contributed by atoms with van der Waals surface area (Å²) < 4.78 is 5.37. The van der Waals surface area contributed by atoms with Gasteiger partial charge in [0.25, 0.3) is 0 Å². The highest BCUT2D eigenvalue weighted by molar-refractivity contribution is 5.92. The molecular formula is C19H20N2O2. The fraction of sp³-hybridized carbons (Fsp3) is 0.211. The van der Waals surface area contributed by atoms with E-state index in [1.165, 1.54) is 18.7 Å². The molecule has 0 atom stereocenters. The number of benzene rings is 2. The fourth-order valence-corrected chi connectivity index (χ4v) is 2.10. The molecule has 0 heterocycles. The van der Waals surface area contributed by atoms with Gasteiger partial charge in [-0.2, -0.15) is 5.11 Å². The van der Waals surface area contributed by atoms with Gasteiger partial charge in [-0.25, -0.2) is 5.53 Å². The average molecular weight is 308 g/mol. The van der Waals surface area contributed by atoms with Gasteiger partial charge < -0.3 is 4.74 Å². The first kappa shape index (κ1) is 16.6. The molecule has 0 unspecified atom stereocenters. The van der Waals surface area contributed by atoms with Gasteiger partial charge >= 0.3 is 0 Å². The Labute approximate surface area is 136 Å². The number of Topliss-reactive ketones (excluding diaryl/α,β-unsaturated/α-hetero) is 1. The second kappa shape index (κ2) is 7.49. The number of hydrogen-bond acceptors (Lipinski definition) is 4. The van der Waals surface area contributed by atoms with Crippen molar-refractivity contribution >= 4 is 5.78 Å². The number of allylic oxidation sites excluding steroid dienone is 1. The van der Waals surface area contributed by atoms with Crippen molar-refractivity contribution in [3.63, 3.8) is 0 Å². The molecule has 118 valence electrons. The number of nitrogens with zero attached hydrogens (tertiary/aromatic N) is 1. The maximum Gasteiger partial charge on any atom is 0.183 e. The highest BCUT2D eigenvalue weighted by atomic mass is 16.5. The van der Waals surface area contributed by atoms with Gasteiger partial charge in [-0.05, 0) is 34.7 Å². The van der Waals surface area contributed by atoms with Crippen molar-refractivity contribution in [3.8, 4) is 16.9 Å². The van der Waals surface area contributed by atoms with Crippen LogP contribution in [-0.4, -0.2) is 5.78 Å². The lowest BCUT2D eigenvalue weighted by Gasteiger charge is -2.08. The quantitative estimate of drug-likeness (QED) is 0.446. The number of carbonyl (C=O) groups is 1. The Kier molecular flexibility index (Phi) is 5.41. The van der Waals surface area contributed by atoms with Crippen LogP contribution < -0.4 is 4.74 Å². The molecule has 2 rings (SSSR count). The molecule has 0 aliphatic rings. The number of ether oxygens (including phenoxy) is 1. The van der Waals surface area contributed by atoms with E-state index in [9.17, 15) is 4.79 Å². The second-order valence-corrected chi connectivity index (χ2v) is 5.59. The zero-order valence-corrected chi connectivity index (χ0v) is 13.5. The first-order valence-electron chi connectivity index (χ1n) is 7.47. The van der Waals surface area contributed by atoms with E-state index in [0.717, 1.165) is 11.1 Å². The Morgan fingerprint density at radius 3 is 2.00 bits per heavy atom. The minimum atomic E-state index is -0.304. The average Bonchev–Trinajstić information content (AvgIpc) is 2.56. The highest BCUT2D eigenvalue weighted by Gasteiger charge is 2.04. The van der Waals surface area contributed by atoms with Crippen LogP contribution in [0.1, 0.15) is 32.3 Å². The zero-order chi connectivity index (χ0) is 16.8. The molecule has 4 nitrogen and oxygen atoms in total. The molecule has 0 radical (unpaired) electrons. The van der Waals surface area contributed by atoms with Gasteiger partial charge in [0.15, 0.2) is 11.5 Å². The van der Waals surface area contributed by atoms with Crippen molar-refractivity contribution in [2.24, 2.45) is 5.11 Å². The van der Waals surface area contributed by atoms with E-state index in [-0.39, 0.29) is 11.5 Å². The molecule has 0 aliphatic heterocycles. The highest BCUT2D eigenvalue weighted by Crippen LogP contribution is 2.25. The second-order valence-electron chi connectivity index (χ2n) is 5.59. The van der Waals surface area contributed by atoms with E-state index >= 15 is 0 Å². The predicted molar refractivity (Wildman–Crippen MR) is 90.5 cm³/mol. The van der Waals surface area contributed by atoms with Gasteiger partial charge in [-0.1, -0.05) is 50.2 Å². The Bertz CT molecular complexity index is 714. The predicted octanol–water partition coefficient (Wildman–Crippen LogP) is 5.32. The van der Waals surface area contributed by atoms with Gasteiger partial charge in [-0.15, -0.1) is 0 Å². The number of hydrogen-bond donors (Lipinski definition) is 1. The molecule has 2 aromatic carbocycles. The summed E-state index contributed by atoms with van der Waals surface area (Å²) in [7, 11) is 0. The van der Waals surface area contributed by atoms with Crippen molar-refractivity contribution in [2.75, 3.05) is 0 Å². The van der Waals surface area contributed by atoms with E-state index in [1.807, 2.05) is 24.3 Å². The van der Waals surface area contributed by atoms with Crippen LogP contribution in [0.15, 0.2) is 65.6 Å². The van der Waals surface area contributed by atoms with Gasteiger partial charge in [0, 0.05) is 6.92 Å². The standard InChI is InChI=1S/C19H20N2O2/c1-13(2)15-4-6-16(7-5-15)17-8-10-18(11-9-17)23-12-19(21-20)14(3)22/h4-13,20H,1-3H3. The van der Waals surface area contributed by atoms with Gasteiger partial charge in [0.2, 0.25) is 0 Å². The monoisotopic (exact) mass is 308 g/mol. The number of carbonyl (C=O) groups excluding carboxylic acids is 1. The number of ketones is 1. The minimum absolute atomic E-state index is 0.0154. The van der Waals surface area contributed by atoms with Crippen molar-refractivity contribution < 1.29 is 9.53 Å². The van der Waals surface area contributed by atoms with Crippen LogP contribution >= 0.6 is 0 Å². The van der Waals surface area contributed by atoms with E-state index < -0.39 is 0 Å². The van der Waals surface area contributed by atoms with E-state index in [2.05, 4.69) is 43.2 Å². The molecule has 0 amide bonds. The Morgan fingerprint density at radius 2 is 1.57 bits per heavy atom. The van der Waals surface area contributed by atoms with Crippen molar-refractivity contribution in [2.45, 2.75) is 26.7 Å². The fourth-order valence-electron chi connectivity index (χ4n) is 2.10. The summed E-state index contributed by atoms with van der Waals surface area (Å²) in [4.78, 5) is 11.1. The number of rotatable bonds is 6.